The molecule has 2 saturated carbocycles. The number of nitrogens with zero attached hydrogens (tertiary/aromatic N) is 4. The van der Waals surface area contributed by atoms with Crippen molar-refractivity contribution in [3.8, 4) is 0 Å². The van der Waals surface area contributed by atoms with E-state index in [0.29, 0.717) is 0 Å². The summed E-state index contributed by atoms with van der Waals surface area (Å²) in [5, 5.41) is 0. The molecule has 2 heterocycles. The Kier molecular flexibility index (Phi) is 16.0. The fourth-order valence-electron chi connectivity index (χ4n) is 12.1. The van der Waals surface area contributed by atoms with Crippen molar-refractivity contribution in [3.05, 3.63) is 130 Å². The van der Waals surface area contributed by atoms with Gasteiger partial charge in [-0.25, -0.2) is 18.7 Å². The number of nitrogens with one attached hydrogen (secondary N) is 2. The third-order valence-corrected chi connectivity index (χ3v) is 16.0. The maximum Gasteiger partial charge on any atom is 0.309 e. The van der Waals surface area contributed by atoms with Gasteiger partial charge in [-0.15, -0.1) is 0 Å². The highest BCUT2D eigenvalue weighted by Crippen LogP contribution is 2.51. The topological polar surface area (TPSA) is 116 Å². The van der Waals surface area contributed by atoms with Crippen molar-refractivity contribution in [1.29, 1.82) is 0 Å². The minimum Gasteiger partial charge on any atom is -0.458 e. The van der Waals surface area contributed by atoms with E-state index in [4.69, 9.17) is 19.4 Å². The molecule has 0 spiro atoms. The van der Waals surface area contributed by atoms with Gasteiger partial charge in [0.15, 0.2) is 0 Å². The Morgan fingerprint density at radius 3 is 1.39 bits per heavy atom. The van der Waals surface area contributed by atoms with Crippen molar-refractivity contribution in [2.75, 3.05) is 40.3 Å². The normalized spacial score (nSPS) is 21.8. The molecule has 4 atom stereocenters. The molecule has 10 nitrogen and oxygen atoms in total. The molecule has 72 heavy (non-hydrogen) atoms. The SMILES string of the molecule is CC(C)[C@H]1c2ccc(F)cc2CC[C@@]1(CCN(C)CCCc1nc2ccccc2[nH]1)OC(=O)C1CC1.CC(C)[C@H]1c2ccc(F)cc2CC[C@@]1(CCN(C)CCCc1nc2ccccc2[nH]1)OC(=O)C1CC1. The van der Waals surface area contributed by atoms with Crippen LogP contribution in [0.1, 0.15) is 138 Å². The van der Waals surface area contributed by atoms with Gasteiger partial charge in [-0.05, 0) is 174 Å². The van der Waals surface area contributed by atoms with Crippen LogP contribution in [0, 0.1) is 35.3 Å². The fraction of sp³-hybridized carbons (Fsp3) is 0.533. The van der Waals surface area contributed by atoms with Gasteiger partial charge in [-0.1, -0.05) is 64.1 Å². The lowest BCUT2D eigenvalue weighted by Gasteiger charge is -2.47. The number of aromatic amines is 2. The Morgan fingerprint density at radius 2 is 1.01 bits per heavy atom. The van der Waals surface area contributed by atoms with E-state index in [1.807, 2.05) is 48.5 Å². The van der Waals surface area contributed by atoms with E-state index in [-0.39, 0.29) is 59.1 Å². The van der Waals surface area contributed by atoms with Crippen LogP contribution in [0.4, 0.5) is 8.78 Å². The number of benzene rings is 4. The maximum absolute atomic E-state index is 14.0. The Morgan fingerprint density at radius 1 is 0.611 bits per heavy atom. The van der Waals surface area contributed by atoms with E-state index in [1.54, 1.807) is 24.3 Å². The van der Waals surface area contributed by atoms with Crippen LogP contribution in [0.5, 0.6) is 0 Å². The number of carbonyl (C=O) groups is 2. The quantitative estimate of drug-likeness (QED) is 0.0727. The standard InChI is InChI=1S/2C30H38FN3O2/c2*1-20(2)28-24-13-12-23(31)19-22(24)14-15-30(28,36-29(35)21-10-11-21)16-18-34(3)17-6-9-27-32-25-7-4-5-8-26(25)33-27/h2*4-5,7-8,12-13,19-21,28H,6,9-11,14-18H2,1-3H3,(H,32,33)/t2*28-,30-/m00/s1. The fourth-order valence-corrected chi connectivity index (χ4v) is 12.1. The Labute approximate surface area is 425 Å². The predicted octanol–water partition coefficient (Wildman–Crippen LogP) is 12.1. The lowest BCUT2D eigenvalue weighted by molar-refractivity contribution is -0.170. The number of halogens is 2. The van der Waals surface area contributed by atoms with E-state index in [2.05, 4.69) is 73.7 Å². The van der Waals surface area contributed by atoms with Crippen LogP contribution in [0.15, 0.2) is 84.9 Å². The third-order valence-electron chi connectivity index (χ3n) is 16.0. The first-order valence-electron chi connectivity index (χ1n) is 27.0. The number of ether oxygens (including phenoxy) is 2. The lowest BCUT2D eigenvalue weighted by Crippen LogP contribution is -2.48. The highest BCUT2D eigenvalue weighted by atomic mass is 19.1. The molecule has 0 bridgehead atoms. The minimum absolute atomic E-state index is 0.0428. The van der Waals surface area contributed by atoms with Crippen molar-refractivity contribution in [1.82, 2.24) is 29.7 Å². The molecular weight excluding hydrogens is 907 g/mol. The van der Waals surface area contributed by atoms with E-state index < -0.39 is 11.2 Å². The maximum atomic E-state index is 14.0. The Balaban J connectivity index is 0.000000178. The average Bonchev–Trinajstić information content (AvgIpc) is 4.30. The molecule has 2 fully saturated rings. The second kappa shape index (κ2) is 22.3. The first kappa shape index (κ1) is 51.4. The summed E-state index contributed by atoms with van der Waals surface area (Å²) in [6.45, 7) is 12.4. The first-order valence-corrected chi connectivity index (χ1v) is 27.0. The molecule has 2 N–H and O–H groups in total. The zero-order valence-electron chi connectivity index (χ0n) is 43.5. The molecule has 10 rings (SSSR count). The second-order valence-corrected chi connectivity index (χ2v) is 22.4. The molecule has 384 valence electrons. The van der Waals surface area contributed by atoms with Crippen LogP contribution in [0.25, 0.3) is 22.1 Å². The van der Waals surface area contributed by atoms with Gasteiger partial charge in [-0.2, -0.15) is 0 Å². The number of para-hydroxylation sites is 4. The molecule has 12 heteroatoms. The number of carbonyl (C=O) groups excluding carboxylic acids is 2. The molecule has 0 unspecified atom stereocenters. The Hall–Kier alpha value is -5.46. The van der Waals surface area contributed by atoms with Crippen LogP contribution in [0.2, 0.25) is 0 Å². The highest BCUT2D eigenvalue weighted by molar-refractivity contribution is 5.77. The van der Waals surface area contributed by atoms with Crippen molar-refractivity contribution in [2.24, 2.45) is 23.7 Å². The zero-order valence-corrected chi connectivity index (χ0v) is 43.5. The largest absolute Gasteiger partial charge is 0.458 e. The number of rotatable bonds is 20. The van der Waals surface area contributed by atoms with Crippen molar-refractivity contribution in [2.45, 2.75) is 141 Å². The van der Waals surface area contributed by atoms with Crippen LogP contribution < -0.4 is 0 Å². The molecule has 4 aliphatic rings. The zero-order chi connectivity index (χ0) is 50.6. The molecule has 0 amide bonds. The molecule has 0 saturated heterocycles. The van der Waals surface area contributed by atoms with Crippen molar-refractivity contribution in [3.63, 3.8) is 0 Å². The van der Waals surface area contributed by atoms with Gasteiger partial charge < -0.3 is 29.2 Å². The molecule has 6 aromatic rings. The summed E-state index contributed by atoms with van der Waals surface area (Å²) in [5.74, 6) is 2.38. The van der Waals surface area contributed by atoms with Gasteiger partial charge in [0.2, 0.25) is 0 Å². The van der Waals surface area contributed by atoms with Gasteiger partial charge >= 0.3 is 11.9 Å². The number of imidazole rings is 2. The summed E-state index contributed by atoms with van der Waals surface area (Å²) >= 11 is 0. The third kappa shape index (κ3) is 12.1. The first-order chi connectivity index (χ1) is 34.7. The summed E-state index contributed by atoms with van der Waals surface area (Å²) in [6.07, 6.45) is 12.1. The van der Waals surface area contributed by atoms with Gasteiger partial charge in [0.25, 0.3) is 0 Å². The smallest absolute Gasteiger partial charge is 0.309 e. The lowest BCUT2D eigenvalue weighted by atomic mass is 9.65. The van der Waals surface area contributed by atoms with Gasteiger partial charge in [0, 0.05) is 50.6 Å². The molecule has 4 aromatic carbocycles. The van der Waals surface area contributed by atoms with E-state index in [0.717, 1.165) is 172 Å². The predicted molar refractivity (Wildman–Crippen MR) is 281 cm³/mol. The van der Waals surface area contributed by atoms with Crippen LogP contribution in [-0.4, -0.2) is 93.2 Å². The molecule has 4 aliphatic carbocycles. The minimum atomic E-state index is -0.550. The monoisotopic (exact) mass is 983 g/mol. The molecule has 0 radical (unpaired) electrons. The van der Waals surface area contributed by atoms with Crippen LogP contribution in [-0.2, 0) is 44.7 Å². The summed E-state index contributed by atoms with van der Waals surface area (Å²) < 4.78 is 40.9. The number of esters is 2. The highest BCUT2D eigenvalue weighted by Gasteiger charge is 2.51. The summed E-state index contributed by atoms with van der Waals surface area (Å²) in [7, 11) is 4.29. The summed E-state index contributed by atoms with van der Waals surface area (Å²) in [4.78, 5) is 46.8. The number of aromatic nitrogens is 4. The summed E-state index contributed by atoms with van der Waals surface area (Å²) in [6, 6.07) is 26.5. The van der Waals surface area contributed by atoms with Crippen LogP contribution in [0.3, 0.4) is 0 Å². The van der Waals surface area contributed by atoms with Crippen molar-refractivity contribution < 1.29 is 27.8 Å². The van der Waals surface area contributed by atoms with Crippen molar-refractivity contribution >= 4 is 34.0 Å². The number of H-pyrrole nitrogens is 2. The number of aryl methyl sites for hydroxylation is 4. The van der Waals surface area contributed by atoms with E-state index in [1.165, 1.54) is 0 Å². The second-order valence-electron chi connectivity index (χ2n) is 22.4. The van der Waals surface area contributed by atoms with Gasteiger partial charge in [0.1, 0.15) is 34.5 Å². The van der Waals surface area contributed by atoms with E-state index in [9.17, 15) is 18.4 Å². The van der Waals surface area contributed by atoms with E-state index >= 15 is 0 Å². The molecular formula is C60H76F2N6O4. The number of hydrogen-bond donors (Lipinski definition) is 2. The Bertz CT molecular complexity index is 2560. The van der Waals surface area contributed by atoms with Gasteiger partial charge in [-0.3, -0.25) is 9.59 Å². The van der Waals surface area contributed by atoms with Gasteiger partial charge in [0.05, 0.1) is 33.9 Å². The summed E-state index contributed by atoms with van der Waals surface area (Å²) in [5.41, 5.74) is 7.50. The molecule has 0 aliphatic heterocycles. The van der Waals surface area contributed by atoms with Crippen LogP contribution >= 0.6 is 0 Å². The number of fused-ring (bicyclic) bond motifs is 4. The number of hydrogen-bond acceptors (Lipinski definition) is 8. The average molecular weight is 983 g/mol. The molecule has 2 aromatic heterocycles.